The van der Waals surface area contributed by atoms with Crippen molar-refractivity contribution in [2.45, 2.75) is 44.9 Å². The van der Waals surface area contributed by atoms with Gasteiger partial charge in [-0.15, -0.1) is 0 Å². The third-order valence-corrected chi connectivity index (χ3v) is 4.19. The lowest BCUT2D eigenvalue weighted by Gasteiger charge is -2.39. The molecule has 1 aliphatic heterocycles. The Balaban J connectivity index is 2.17. The fourth-order valence-electron chi connectivity index (χ4n) is 2.66. The van der Waals surface area contributed by atoms with Gasteiger partial charge in [0.2, 0.25) is 0 Å². The van der Waals surface area contributed by atoms with Crippen LogP contribution >= 0.6 is 0 Å². The Kier molecular flexibility index (Phi) is 4.75. The monoisotopic (exact) mass is 319 g/mol. The van der Waals surface area contributed by atoms with Crippen LogP contribution in [0.15, 0.2) is 6.07 Å². The maximum Gasteiger partial charge on any atom is 0.341 e. The summed E-state index contributed by atoms with van der Waals surface area (Å²) < 4.78 is 57.9. The zero-order valence-corrected chi connectivity index (χ0v) is 12.5. The molecule has 0 bridgehead atoms. The van der Waals surface area contributed by atoms with Gasteiger partial charge in [-0.3, -0.25) is 0 Å². The van der Waals surface area contributed by atoms with Crippen LogP contribution in [0.3, 0.4) is 0 Å². The minimum atomic E-state index is -2.02. The fourth-order valence-corrected chi connectivity index (χ4v) is 2.66. The van der Waals surface area contributed by atoms with Crippen molar-refractivity contribution in [2.24, 2.45) is 0 Å². The topological polar surface area (TPSA) is 29.5 Å². The molecule has 0 radical (unpaired) electrons. The predicted octanol–water partition coefficient (Wildman–Crippen LogP) is 3.27. The number of carbonyl (C=O) groups is 1. The molecule has 1 fully saturated rings. The van der Waals surface area contributed by atoms with Gasteiger partial charge in [-0.1, -0.05) is 0 Å². The van der Waals surface area contributed by atoms with E-state index >= 15 is 0 Å². The van der Waals surface area contributed by atoms with E-state index in [1.807, 2.05) is 20.9 Å². The minimum absolute atomic E-state index is 0.146. The van der Waals surface area contributed by atoms with Gasteiger partial charge in [0.05, 0.1) is 0 Å². The third kappa shape index (κ3) is 3.09. The molecule has 0 aromatic heterocycles. The molecule has 122 valence electrons. The molecule has 2 rings (SSSR count). The number of likely N-dealkylation sites (tertiary alicyclic amines) is 1. The number of halogens is 4. The highest BCUT2D eigenvalue weighted by Gasteiger charge is 2.32. The molecule has 0 amide bonds. The fraction of sp³-hybridized carbons (Fsp3) is 0.533. The number of piperidine rings is 1. The SMILES string of the molecule is CC1CC(OC(=O)c2cc(F)c(F)c(F)c2F)CC(C)N1C. The van der Waals surface area contributed by atoms with Gasteiger partial charge >= 0.3 is 5.97 Å². The molecular weight excluding hydrogens is 302 g/mol. The number of carbonyl (C=O) groups excluding carboxylic acids is 1. The van der Waals surface area contributed by atoms with Crippen molar-refractivity contribution in [2.75, 3.05) is 7.05 Å². The summed E-state index contributed by atoms with van der Waals surface area (Å²) in [6, 6.07) is 0.610. The molecule has 1 aromatic carbocycles. The molecule has 2 unspecified atom stereocenters. The Morgan fingerprint density at radius 2 is 1.64 bits per heavy atom. The first-order valence-electron chi connectivity index (χ1n) is 6.98. The largest absolute Gasteiger partial charge is 0.459 e. The van der Waals surface area contributed by atoms with Gasteiger partial charge in [-0.05, 0) is 39.8 Å². The Labute approximate surface area is 125 Å². The second-order valence-corrected chi connectivity index (χ2v) is 5.71. The van der Waals surface area contributed by atoms with Crippen LogP contribution in [0.2, 0.25) is 0 Å². The van der Waals surface area contributed by atoms with E-state index in [1.165, 1.54) is 0 Å². The van der Waals surface area contributed by atoms with Gasteiger partial charge in [0, 0.05) is 12.1 Å². The second-order valence-electron chi connectivity index (χ2n) is 5.71. The Morgan fingerprint density at radius 3 is 2.18 bits per heavy atom. The summed E-state index contributed by atoms with van der Waals surface area (Å²) in [5.41, 5.74) is -0.935. The molecule has 7 heteroatoms. The first-order valence-corrected chi connectivity index (χ1v) is 6.98. The van der Waals surface area contributed by atoms with E-state index < -0.39 is 40.9 Å². The molecule has 1 heterocycles. The number of esters is 1. The highest BCUT2D eigenvalue weighted by Crippen LogP contribution is 2.26. The quantitative estimate of drug-likeness (QED) is 0.363. The average Bonchev–Trinajstić information content (AvgIpc) is 2.46. The summed E-state index contributed by atoms with van der Waals surface area (Å²) in [4.78, 5) is 14.0. The summed E-state index contributed by atoms with van der Waals surface area (Å²) in [6.45, 7) is 3.91. The Hall–Kier alpha value is -1.63. The van der Waals surface area contributed by atoms with Gasteiger partial charge in [0.25, 0.3) is 0 Å². The number of rotatable bonds is 2. The molecule has 22 heavy (non-hydrogen) atoms. The van der Waals surface area contributed by atoms with E-state index in [9.17, 15) is 22.4 Å². The van der Waals surface area contributed by atoms with Crippen molar-refractivity contribution in [3.8, 4) is 0 Å². The smallest absolute Gasteiger partial charge is 0.341 e. The van der Waals surface area contributed by atoms with E-state index in [0.29, 0.717) is 18.9 Å². The molecule has 1 aliphatic rings. The van der Waals surface area contributed by atoms with Gasteiger partial charge in [0.15, 0.2) is 23.3 Å². The average molecular weight is 319 g/mol. The summed E-state index contributed by atoms with van der Waals surface area (Å²) in [5, 5.41) is 0. The molecule has 0 N–H and O–H groups in total. The van der Waals surface area contributed by atoms with Crippen molar-refractivity contribution < 1.29 is 27.1 Å². The third-order valence-electron chi connectivity index (χ3n) is 4.19. The molecule has 1 aromatic rings. The van der Waals surface area contributed by atoms with Gasteiger partial charge in [-0.25, -0.2) is 22.4 Å². The van der Waals surface area contributed by atoms with E-state index in [1.54, 1.807) is 0 Å². The lowest BCUT2D eigenvalue weighted by Crippen LogP contribution is -2.46. The van der Waals surface area contributed by atoms with Crippen LogP contribution in [-0.2, 0) is 4.74 Å². The first-order chi connectivity index (χ1) is 10.2. The van der Waals surface area contributed by atoms with E-state index in [0.717, 1.165) is 0 Å². The molecular formula is C15H17F4NO2. The molecule has 1 saturated heterocycles. The lowest BCUT2D eigenvalue weighted by atomic mass is 9.95. The van der Waals surface area contributed by atoms with Crippen LogP contribution in [-0.4, -0.2) is 36.1 Å². The van der Waals surface area contributed by atoms with Crippen LogP contribution in [0.1, 0.15) is 37.0 Å². The van der Waals surface area contributed by atoms with Crippen molar-refractivity contribution in [3.05, 3.63) is 34.9 Å². The molecule has 0 aliphatic carbocycles. The standard InChI is InChI=1S/C15H17F4NO2/c1-7-4-9(5-8(2)20(7)3)22-15(21)10-6-11(16)13(18)14(19)12(10)17/h6-9H,4-5H2,1-3H3. The van der Waals surface area contributed by atoms with Crippen LogP contribution in [0.4, 0.5) is 17.6 Å². The second kappa shape index (κ2) is 6.24. The minimum Gasteiger partial charge on any atom is -0.459 e. The van der Waals surface area contributed by atoms with Gasteiger partial charge in [0.1, 0.15) is 11.7 Å². The summed E-state index contributed by atoms with van der Waals surface area (Å²) in [7, 11) is 1.94. The number of benzene rings is 1. The van der Waals surface area contributed by atoms with E-state index in [2.05, 4.69) is 4.90 Å². The normalized spacial score (nSPS) is 26.0. The predicted molar refractivity (Wildman–Crippen MR) is 71.4 cm³/mol. The van der Waals surface area contributed by atoms with Crippen LogP contribution in [0.25, 0.3) is 0 Å². The van der Waals surface area contributed by atoms with E-state index in [4.69, 9.17) is 4.74 Å². The first kappa shape index (κ1) is 16.7. The van der Waals surface area contributed by atoms with Crippen molar-refractivity contribution in [1.29, 1.82) is 0 Å². The number of hydrogen-bond acceptors (Lipinski definition) is 3. The Morgan fingerprint density at radius 1 is 1.09 bits per heavy atom. The molecule has 0 spiro atoms. The zero-order chi connectivity index (χ0) is 16.6. The maximum atomic E-state index is 13.6. The molecule has 0 saturated carbocycles. The Bertz CT molecular complexity index is 581. The highest BCUT2D eigenvalue weighted by atomic mass is 19.2. The molecule has 2 atom stereocenters. The maximum absolute atomic E-state index is 13.6. The van der Waals surface area contributed by atoms with E-state index in [-0.39, 0.29) is 12.1 Å². The van der Waals surface area contributed by atoms with Crippen molar-refractivity contribution in [3.63, 3.8) is 0 Å². The summed E-state index contributed by atoms with van der Waals surface area (Å²) in [5.74, 6) is -8.52. The lowest BCUT2D eigenvalue weighted by molar-refractivity contribution is -0.0102. The number of hydrogen-bond donors (Lipinski definition) is 0. The van der Waals surface area contributed by atoms with Crippen molar-refractivity contribution in [1.82, 2.24) is 4.90 Å². The highest BCUT2D eigenvalue weighted by molar-refractivity contribution is 5.89. The molecule has 3 nitrogen and oxygen atoms in total. The zero-order valence-electron chi connectivity index (χ0n) is 12.5. The van der Waals surface area contributed by atoms with Crippen LogP contribution < -0.4 is 0 Å². The summed E-state index contributed by atoms with van der Waals surface area (Å²) >= 11 is 0. The van der Waals surface area contributed by atoms with Crippen LogP contribution in [0.5, 0.6) is 0 Å². The van der Waals surface area contributed by atoms with Gasteiger partial charge in [-0.2, -0.15) is 0 Å². The summed E-state index contributed by atoms with van der Waals surface area (Å²) in [6.07, 6.45) is 0.574. The van der Waals surface area contributed by atoms with Gasteiger partial charge < -0.3 is 9.64 Å². The number of ether oxygens (including phenoxy) is 1. The van der Waals surface area contributed by atoms with Crippen molar-refractivity contribution >= 4 is 5.97 Å². The van der Waals surface area contributed by atoms with Crippen LogP contribution in [0, 0.1) is 23.3 Å². The number of nitrogens with zero attached hydrogens (tertiary/aromatic N) is 1.